The van der Waals surface area contributed by atoms with Gasteiger partial charge in [0.25, 0.3) is 0 Å². The molecule has 2 heterocycles. The van der Waals surface area contributed by atoms with Crippen molar-refractivity contribution in [3.05, 3.63) is 23.8 Å². The van der Waals surface area contributed by atoms with Crippen LogP contribution in [0.5, 0.6) is 5.75 Å². The number of hydrogen-bond acceptors (Lipinski definition) is 5. The first-order valence-corrected chi connectivity index (χ1v) is 6.62. The normalized spacial score (nSPS) is 20.8. The van der Waals surface area contributed by atoms with Gasteiger partial charge in [-0.2, -0.15) is 0 Å². The van der Waals surface area contributed by atoms with Crippen LogP contribution in [0.4, 0.5) is 5.69 Å². The maximum absolute atomic E-state index is 5.58. The number of nitrogens with zero attached hydrogens (tertiary/aromatic N) is 1. The largest absolute Gasteiger partial charge is 0.496 e. The van der Waals surface area contributed by atoms with Crippen molar-refractivity contribution in [2.75, 3.05) is 51.5 Å². The molecule has 19 heavy (non-hydrogen) atoms. The molecule has 3 rings (SSSR count). The van der Waals surface area contributed by atoms with Crippen molar-refractivity contribution >= 4 is 5.69 Å². The first-order valence-electron chi connectivity index (χ1n) is 6.62. The number of hydrogen-bond donors (Lipinski definition) is 0. The molecule has 2 aliphatic rings. The van der Waals surface area contributed by atoms with Crippen LogP contribution in [0.2, 0.25) is 0 Å². The van der Waals surface area contributed by atoms with E-state index in [0.717, 1.165) is 37.6 Å². The van der Waals surface area contributed by atoms with Gasteiger partial charge in [-0.3, -0.25) is 0 Å². The minimum atomic E-state index is -0.309. The van der Waals surface area contributed by atoms with E-state index in [1.165, 1.54) is 5.69 Å². The van der Waals surface area contributed by atoms with E-state index in [4.69, 9.17) is 18.9 Å². The Morgan fingerprint density at radius 2 is 1.84 bits per heavy atom. The molecule has 0 unspecified atom stereocenters. The van der Waals surface area contributed by atoms with Crippen molar-refractivity contribution in [3.8, 4) is 5.75 Å². The van der Waals surface area contributed by atoms with Crippen molar-refractivity contribution in [2.24, 2.45) is 0 Å². The monoisotopic (exact) mass is 265 g/mol. The van der Waals surface area contributed by atoms with Crippen LogP contribution in [0.3, 0.4) is 0 Å². The Morgan fingerprint density at radius 3 is 2.53 bits per heavy atom. The number of ether oxygens (including phenoxy) is 4. The molecule has 0 aliphatic carbocycles. The van der Waals surface area contributed by atoms with Crippen molar-refractivity contribution in [1.29, 1.82) is 0 Å². The molecule has 5 heteroatoms. The first-order chi connectivity index (χ1) is 9.38. The van der Waals surface area contributed by atoms with E-state index in [-0.39, 0.29) is 6.29 Å². The Morgan fingerprint density at radius 1 is 1.11 bits per heavy atom. The predicted octanol–water partition coefficient (Wildman–Crippen LogP) is 1.58. The van der Waals surface area contributed by atoms with Gasteiger partial charge >= 0.3 is 0 Å². The lowest BCUT2D eigenvalue weighted by atomic mass is 10.1. The highest BCUT2D eigenvalue weighted by Crippen LogP contribution is 2.34. The van der Waals surface area contributed by atoms with E-state index < -0.39 is 0 Å². The summed E-state index contributed by atoms with van der Waals surface area (Å²) in [4.78, 5) is 2.31. The Balaban J connectivity index is 1.87. The maximum atomic E-state index is 5.58. The SMILES string of the molecule is COc1ccc(N2CCOCC2)cc1C1OCCO1. The fourth-order valence-electron chi connectivity index (χ4n) is 2.46. The number of anilines is 1. The number of benzene rings is 1. The van der Waals surface area contributed by atoms with Gasteiger partial charge in [-0.15, -0.1) is 0 Å². The molecule has 5 nitrogen and oxygen atoms in total. The zero-order chi connectivity index (χ0) is 13.1. The van der Waals surface area contributed by atoms with Gasteiger partial charge in [0.2, 0.25) is 0 Å². The van der Waals surface area contributed by atoms with Crippen LogP contribution in [-0.4, -0.2) is 46.6 Å². The Bertz CT molecular complexity index is 425. The summed E-state index contributed by atoms with van der Waals surface area (Å²) in [5.41, 5.74) is 2.13. The molecule has 0 radical (unpaired) electrons. The van der Waals surface area contributed by atoms with E-state index >= 15 is 0 Å². The van der Waals surface area contributed by atoms with E-state index in [2.05, 4.69) is 17.0 Å². The summed E-state index contributed by atoms with van der Waals surface area (Å²) in [6.07, 6.45) is -0.309. The van der Waals surface area contributed by atoms with Gasteiger partial charge in [0.15, 0.2) is 6.29 Å². The van der Waals surface area contributed by atoms with Gasteiger partial charge in [0.1, 0.15) is 5.75 Å². The zero-order valence-corrected chi connectivity index (χ0v) is 11.1. The standard InChI is InChI=1S/C14H19NO4/c1-16-13-3-2-11(15-4-6-17-7-5-15)10-12(13)14-18-8-9-19-14/h2-3,10,14H,4-9H2,1H3. The molecule has 0 spiro atoms. The van der Waals surface area contributed by atoms with E-state index in [9.17, 15) is 0 Å². The molecule has 2 aliphatic heterocycles. The summed E-state index contributed by atoms with van der Waals surface area (Å²) in [5.74, 6) is 0.809. The molecular weight excluding hydrogens is 246 g/mol. The van der Waals surface area contributed by atoms with Crippen LogP contribution in [-0.2, 0) is 14.2 Å². The van der Waals surface area contributed by atoms with E-state index in [1.54, 1.807) is 7.11 Å². The summed E-state index contributed by atoms with van der Waals surface area (Å²) in [7, 11) is 1.67. The van der Waals surface area contributed by atoms with Crippen molar-refractivity contribution in [2.45, 2.75) is 6.29 Å². The summed E-state index contributed by atoms with van der Waals surface area (Å²) in [6.45, 7) is 4.65. The van der Waals surface area contributed by atoms with Crippen LogP contribution < -0.4 is 9.64 Å². The smallest absolute Gasteiger partial charge is 0.187 e. The van der Waals surface area contributed by atoms with Crippen LogP contribution in [0.25, 0.3) is 0 Å². The zero-order valence-electron chi connectivity index (χ0n) is 11.1. The van der Waals surface area contributed by atoms with Gasteiger partial charge in [-0.1, -0.05) is 0 Å². The average molecular weight is 265 g/mol. The molecule has 0 atom stereocenters. The van der Waals surface area contributed by atoms with Gasteiger partial charge in [-0.25, -0.2) is 0 Å². The van der Waals surface area contributed by atoms with E-state index in [0.29, 0.717) is 13.2 Å². The lowest BCUT2D eigenvalue weighted by molar-refractivity contribution is -0.0454. The second-order valence-corrected chi connectivity index (χ2v) is 4.60. The Kier molecular flexibility index (Phi) is 3.87. The van der Waals surface area contributed by atoms with Crippen molar-refractivity contribution in [3.63, 3.8) is 0 Å². The fraction of sp³-hybridized carbons (Fsp3) is 0.571. The maximum Gasteiger partial charge on any atom is 0.187 e. The third-order valence-corrected chi connectivity index (χ3v) is 3.47. The van der Waals surface area contributed by atoms with Crippen LogP contribution in [0, 0.1) is 0 Å². The molecule has 2 saturated heterocycles. The van der Waals surface area contributed by atoms with Gasteiger partial charge < -0.3 is 23.8 Å². The van der Waals surface area contributed by atoms with Crippen molar-refractivity contribution < 1.29 is 18.9 Å². The van der Waals surface area contributed by atoms with Gasteiger partial charge in [0, 0.05) is 18.8 Å². The molecule has 0 amide bonds. The first kappa shape index (κ1) is 12.7. The summed E-state index contributed by atoms with van der Waals surface area (Å²) >= 11 is 0. The summed E-state index contributed by atoms with van der Waals surface area (Å²) in [5, 5.41) is 0. The highest BCUT2D eigenvalue weighted by atomic mass is 16.7. The Hall–Kier alpha value is -1.30. The number of rotatable bonds is 3. The Labute approximate surface area is 113 Å². The van der Waals surface area contributed by atoms with E-state index in [1.807, 2.05) is 6.07 Å². The lowest BCUT2D eigenvalue weighted by Gasteiger charge is -2.29. The molecular formula is C14H19NO4. The molecule has 0 N–H and O–H groups in total. The quantitative estimate of drug-likeness (QED) is 0.830. The van der Waals surface area contributed by atoms with Crippen LogP contribution >= 0.6 is 0 Å². The third-order valence-electron chi connectivity index (χ3n) is 3.47. The molecule has 0 saturated carbocycles. The van der Waals surface area contributed by atoms with Gasteiger partial charge in [0.05, 0.1) is 39.1 Å². The molecule has 1 aromatic carbocycles. The van der Waals surface area contributed by atoms with Crippen LogP contribution in [0.1, 0.15) is 11.9 Å². The van der Waals surface area contributed by atoms with Crippen LogP contribution in [0.15, 0.2) is 18.2 Å². The molecule has 2 fully saturated rings. The topological polar surface area (TPSA) is 40.2 Å². The number of morpholine rings is 1. The second kappa shape index (κ2) is 5.77. The summed E-state index contributed by atoms with van der Waals surface area (Å²) < 4.78 is 21.9. The van der Waals surface area contributed by atoms with Gasteiger partial charge in [-0.05, 0) is 18.2 Å². The minimum Gasteiger partial charge on any atom is -0.496 e. The average Bonchev–Trinajstić information content (AvgIpc) is 3.01. The molecule has 0 aromatic heterocycles. The lowest BCUT2D eigenvalue weighted by Crippen LogP contribution is -2.36. The van der Waals surface area contributed by atoms with Crippen molar-refractivity contribution in [1.82, 2.24) is 0 Å². The second-order valence-electron chi connectivity index (χ2n) is 4.60. The minimum absolute atomic E-state index is 0.309. The molecule has 1 aromatic rings. The number of methoxy groups -OCH3 is 1. The predicted molar refractivity (Wildman–Crippen MR) is 70.7 cm³/mol. The summed E-state index contributed by atoms with van der Waals surface area (Å²) in [6, 6.07) is 6.15. The highest BCUT2D eigenvalue weighted by molar-refractivity contribution is 5.54. The third kappa shape index (κ3) is 2.68. The fourth-order valence-corrected chi connectivity index (χ4v) is 2.46. The molecule has 0 bridgehead atoms. The highest BCUT2D eigenvalue weighted by Gasteiger charge is 2.23. The molecule has 104 valence electrons.